The number of hydrogen-bond acceptors (Lipinski definition) is 6. The highest BCUT2D eigenvalue weighted by atomic mass is 35.5. The third-order valence-corrected chi connectivity index (χ3v) is 6.32. The molecule has 0 radical (unpaired) electrons. The van der Waals surface area contributed by atoms with E-state index >= 15 is 0 Å². The molecule has 6 nitrogen and oxygen atoms in total. The van der Waals surface area contributed by atoms with Gasteiger partial charge < -0.3 is 19.7 Å². The number of aliphatic hydroxyl groups is 2. The third kappa shape index (κ3) is 2.71. The summed E-state index contributed by atoms with van der Waals surface area (Å²) in [4.78, 5) is 24.3. The summed E-state index contributed by atoms with van der Waals surface area (Å²) in [6, 6.07) is 0. The molecule has 7 unspecified atom stereocenters. The Kier molecular flexibility index (Phi) is 4.80. The van der Waals surface area contributed by atoms with E-state index in [1.807, 2.05) is 0 Å². The van der Waals surface area contributed by atoms with Gasteiger partial charge >= 0.3 is 11.9 Å². The molecule has 1 aliphatic heterocycles. The second-order valence-corrected chi connectivity index (χ2v) is 7.78. The first-order valence-corrected chi connectivity index (χ1v) is 9.05. The van der Waals surface area contributed by atoms with Gasteiger partial charge in [-0.25, -0.2) is 9.59 Å². The first-order chi connectivity index (χ1) is 12.1. The van der Waals surface area contributed by atoms with Gasteiger partial charge in [-0.05, 0) is 19.3 Å². The molecule has 0 aromatic carbocycles. The minimum atomic E-state index is -1.63. The molecule has 3 fully saturated rings. The van der Waals surface area contributed by atoms with E-state index in [2.05, 4.69) is 19.7 Å². The van der Waals surface area contributed by atoms with Crippen molar-refractivity contribution < 1.29 is 29.3 Å². The molecule has 2 N–H and O–H groups in total. The lowest BCUT2D eigenvalue weighted by Crippen LogP contribution is -2.52. The normalized spacial score (nSPS) is 41.9. The number of rotatable bonds is 3. The maximum atomic E-state index is 12.2. The predicted octanol–water partition coefficient (Wildman–Crippen LogP) is 1.50. The molecule has 0 amide bonds. The number of fused-ring (bicyclic) bond motifs is 3. The molecule has 7 atom stereocenters. The first-order valence-electron chi connectivity index (χ1n) is 8.52. The van der Waals surface area contributed by atoms with Gasteiger partial charge in [0.05, 0.1) is 17.9 Å². The average Bonchev–Trinajstić information content (AvgIpc) is 2.97. The van der Waals surface area contributed by atoms with Crippen LogP contribution in [-0.4, -0.2) is 51.9 Å². The van der Waals surface area contributed by atoms with E-state index in [0.717, 1.165) is 0 Å². The quantitative estimate of drug-likeness (QED) is 0.332. The van der Waals surface area contributed by atoms with E-state index in [1.165, 1.54) is 6.92 Å². The van der Waals surface area contributed by atoms with Crippen LogP contribution in [0.15, 0.2) is 36.5 Å². The summed E-state index contributed by atoms with van der Waals surface area (Å²) in [5.41, 5.74) is -0.495. The summed E-state index contributed by atoms with van der Waals surface area (Å²) in [5.74, 6) is -2.99. The SMILES string of the molecule is C=C(C)C(=O)OC1CC(=C)C2CC(O)C(O)(CCl)C2C2OC(=O)C(=C)C12. The van der Waals surface area contributed by atoms with Crippen LogP contribution in [0, 0.1) is 17.8 Å². The highest BCUT2D eigenvalue weighted by Crippen LogP contribution is 2.55. The second kappa shape index (κ2) is 6.51. The van der Waals surface area contributed by atoms with Crippen molar-refractivity contribution in [2.45, 2.75) is 43.7 Å². The summed E-state index contributed by atoms with van der Waals surface area (Å²) >= 11 is 5.99. The Morgan fingerprint density at radius 2 is 2.12 bits per heavy atom. The predicted molar refractivity (Wildman–Crippen MR) is 94.2 cm³/mol. The Balaban J connectivity index is 2.04. The van der Waals surface area contributed by atoms with Crippen LogP contribution >= 0.6 is 11.6 Å². The molecule has 1 saturated heterocycles. The fourth-order valence-corrected chi connectivity index (χ4v) is 4.86. The minimum Gasteiger partial charge on any atom is -0.458 e. The van der Waals surface area contributed by atoms with Gasteiger partial charge in [0.2, 0.25) is 0 Å². The standard InChI is InChI=1S/C19H23ClO6/c1-8(2)17(22)25-12-5-9(3)11-6-13(21)19(24,7-20)15(11)16-14(12)10(4)18(23)26-16/h11-16,21,24H,1,3-7H2,2H3. The van der Waals surface area contributed by atoms with Gasteiger partial charge in [0, 0.05) is 23.5 Å². The van der Waals surface area contributed by atoms with Crippen LogP contribution in [0.1, 0.15) is 19.8 Å². The Morgan fingerprint density at radius 3 is 2.69 bits per heavy atom. The molecule has 0 aromatic rings. The fraction of sp³-hybridized carbons (Fsp3) is 0.579. The topological polar surface area (TPSA) is 93.1 Å². The number of hydrogen-bond donors (Lipinski definition) is 2. The molecular weight excluding hydrogens is 360 g/mol. The highest BCUT2D eigenvalue weighted by Gasteiger charge is 2.64. The lowest BCUT2D eigenvalue weighted by Gasteiger charge is -2.37. The zero-order valence-corrected chi connectivity index (χ0v) is 15.4. The van der Waals surface area contributed by atoms with Crippen molar-refractivity contribution in [2.75, 3.05) is 5.88 Å². The van der Waals surface area contributed by atoms with Gasteiger partial charge in [-0.15, -0.1) is 11.6 Å². The van der Waals surface area contributed by atoms with Crippen LogP contribution in [0.2, 0.25) is 0 Å². The molecule has 26 heavy (non-hydrogen) atoms. The van der Waals surface area contributed by atoms with Crippen molar-refractivity contribution in [3.8, 4) is 0 Å². The van der Waals surface area contributed by atoms with E-state index in [-0.39, 0.29) is 35.8 Å². The Hall–Kier alpha value is -1.63. The summed E-state index contributed by atoms with van der Waals surface area (Å²) in [6.07, 6.45) is -2.04. The molecule has 1 heterocycles. The van der Waals surface area contributed by atoms with Gasteiger partial charge in [-0.1, -0.05) is 25.3 Å². The third-order valence-electron chi connectivity index (χ3n) is 5.89. The smallest absolute Gasteiger partial charge is 0.334 e. The van der Waals surface area contributed by atoms with Crippen molar-refractivity contribution in [3.05, 3.63) is 36.5 Å². The molecule has 2 aliphatic carbocycles. The summed E-state index contributed by atoms with van der Waals surface area (Å²) < 4.78 is 11.1. The zero-order chi connectivity index (χ0) is 19.4. The van der Waals surface area contributed by atoms with Crippen LogP contribution in [0.25, 0.3) is 0 Å². The molecule has 3 aliphatic rings. The van der Waals surface area contributed by atoms with E-state index in [1.54, 1.807) is 0 Å². The average molecular weight is 383 g/mol. The molecule has 7 heteroatoms. The van der Waals surface area contributed by atoms with Gasteiger partial charge in [-0.2, -0.15) is 0 Å². The van der Waals surface area contributed by atoms with Gasteiger partial charge in [0.25, 0.3) is 0 Å². The van der Waals surface area contributed by atoms with E-state index in [4.69, 9.17) is 21.1 Å². The minimum absolute atomic E-state index is 0.182. The first kappa shape index (κ1) is 19.1. The number of carbonyl (C=O) groups excluding carboxylic acids is 2. The lowest BCUT2D eigenvalue weighted by molar-refractivity contribution is -0.155. The Labute approximate surface area is 157 Å². The molecule has 0 spiro atoms. The largest absolute Gasteiger partial charge is 0.458 e. The second-order valence-electron chi connectivity index (χ2n) is 7.52. The summed E-state index contributed by atoms with van der Waals surface area (Å²) in [7, 11) is 0. The maximum Gasteiger partial charge on any atom is 0.334 e. The van der Waals surface area contributed by atoms with Crippen LogP contribution in [0.3, 0.4) is 0 Å². The molecule has 0 bridgehead atoms. The van der Waals surface area contributed by atoms with Gasteiger partial charge in [0.15, 0.2) is 0 Å². The van der Waals surface area contributed by atoms with Crippen molar-refractivity contribution in [1.29, 1.82) is 0 Å². The number of esters is 2. The number of halogens is 1. The number of alkyl halides is 1. The fourth-order valence-electron chi connectivity index (χ4n) is 4.50. The molecule has 0 aromatic heterocycles. The van der Waals surface area contributed by atoms with Crippen LogP contribution in [-0.2, 0) is 19.1 Å². The zero-order valence-electron chi connectivity index (χ0n) is 14.6. The molecule has 142 valence electrons. The van der Waals surface area contributed by atoms with E-state index in [9.17, 15) is 19.8 Å². The van der Waals surface area contributed by atoms with Crippen molar-refractivity contribution in [1.82, 2.24) is 0 Å². The number of carbonyl (C=O) groups is 2. The lowest BCUT2D eigenvalue weighted by atomic mass is 9.76. The van der Waals surface area contributed by atoms with E-state index in [0.29, 0.717) is 5.57 Å². The number of aliphatic hydroxyl groups excluding tert-OH is 1. The highest BCUT2D eigenvalue weighted by molar-refractivity contribution is 6.18. The van der Waals surface area contributed by atoms with Crippen LogP contribution < -0.4 is 0 Å². The Morgan fingerprint density at radius 1 is 1.46 bits per heavy atom. The summed E-state index contributed by atoms with van der Waals surface area (Å²) in [5, 5.41) is 21.4. The molecule has 2 saturated carbocycles. The summed E-state index contributed by atoms with van der Waals surface area (Å²) in [6.45, 7) is 13.0. The van der Waals surface area contributed by atoms with Crippen LogP contribution in [0.4, 0.5) is 0 Å². The molecular formula is C19H23ClO6. The van der Waals surface area contributed by atoms with Crippen LogP contribution in [0.5, 0.6) is 0 Å². The van der Waals surface area contributed by atoms with Crippen molar-refractivity contribution in [3.63, 3.8) is 0 Å². The number of ether oxygens (including phenoxy) is 2. The van der Waals surface area contributed by atoms with Gasteiger partial charge in [-0.3, -0.25) is 0 Å². The van der Waals surface area contributed by atoms with Crippen molar-refractivity contribution in [2.24, 2.45) is 17.8 Å². The molecule has 3 rings (SSSR count). The monoisotopic (exact) mass is 382 g/mol. The Bertz CT molecular complexity index is 700. The van der Waals surface area contributed by atoms with Crippen molar-refractivity contribution >= 4 is 23.5 Å². The van der Waals surface area contributed by atoms with E-state index < -0.39 is 47.7 Å². The maximum absolute atomic E-state index is 12.2. The van der Waals surface area contributed by atoms with Gasteiger partial charge in [0.1, 0.15) is 17.8 Å².